The zero-order valence-electron chi connectivity index (χ0n) is 16.5. The molecule has 6 nitrogen and oxygen atoms in total. The van der Waals surface area contributed by atoms with E-state index < -0.39 is 0 Å². The van der Waals surface area contributed by atoms with Crippen LogP contribution in [0.1, 0.15) is 22.8 Å². The van der Waals surface area contributed by atoms with Crippen LogP contribution in [-0.4, -0.2) is 56.4 Å². The normalized spacial score (nSPS) is 14.6. The summed E-state index contributed by atoms with van der Waals surface area (Å²) < 4.78 is 5.21. The van der Waals surface area contributed by atoms with E-state index in [0.29, 0.717) is 13.1 Å². The third kappa shape index (κ3) is 5.33. The van der Waals surface area contributed by atoms with Gasteiger partial charge in [-0.2, -0.15) is 0 Å². The molecule has 0 saturated carbocycles. The smallest absolute Gasteiger partial charge is 0.234 e. The molecule has 1 saturated heterocycles. The molecule has 148 valence electrons. The number of benzene rings is 2. The van der Waals surface area contributed by atoms with E-state index in [1.807, 2.05) is 48.5 Å². The van der Waals surface area contributed by atoms with Crippen LogP contribution in [0, 0.1) is 0 Å². The number of piperazine rings is 1. The van der Waals surface area contributed by atoms with E-state index >= 15 is 0 Å². The van der Waals surface area contributed by atoms with Crippen LogP contribution in [0.3, 0.4) is 0 Å². The number of ketones is 1. The lowest BCUT2D eigenvalue weighted by molar-refractivity contribution is -0.122. The number of carbonyl (C=O) groups excluding carboxylic acids is 2. The van der Waals surface area contributed by atoms with Gasteiger partial charge in [0.1, 0.15) is 5.75 Å². The van der Waals surface area contributed by atoms with Crippen molar-refractivity contribution in [3.05, 3.63) is 59.7 Å². The third-order valence-electron chi connectivity index (χ3n) is 5.00. The number of hydrogen-bond acceptors (Lipinski definition) is 5. The summed E-state index contributed by atoms with van der Waals surface area (Å²) in [6.45, 7) is 5.87. The minimum absolute atomic E-state index is 0.0297. The van der Waals surface area contributed by atoms with Crippen LogP contribution in [-0.2, 0) is 11.3 Å². The highest BCUT2D eigenvalue weighted by molar-refractivity contribution is 5.94. The van der Waals surface area contributed by atoms with Gasteiger partial charge in [0, 0.05) is 44.0 Å². The van der Waals surface area contributed by atoms with Crippen LogP contribution < -0.4 is 15.0 Å². The van der Waals surface area contributed by atoms with Gasteiger partial charge < -0.3 is 15.0 Å². The average Bonchev–Trinajstić information content (AvgIpc) is 2.73. The van der Waals surface area contributed by atoms with Crippen LogP contribution in [0.2, 0.25) is 0 Å². The number of hydrogen-bond donors (Lipinski definition) is 1. The first kappa shape index (κ1) is 19.9. The quantitative estimate of drug-likeness (QED) is 0.746. The van der Waals surface area contributed by atoms with Gasteiger partial charge in [0.05, 0.1) is 13.7 Å². The number of nitrogens with zero attached hydrogens (tertiary/aromatic N) is 2. The number of amides is 1. The van der Waals surface area contributed by atoms with Crippen LogP contribution >= 0.6 is 0 Å². The van der Waals surface area contributed by atoms with Gasteiger partial charge in [-0.3, -0.25) is 14.5 Å². The minimum Gasteiger partial charge on any atom is -0.497 e. The lowest BCUT2D eigenvalue weighted by Gasteiger charge is -2.35. The van der Waals surface area contributed by atoms with Gasteiger partial charge >= 0.3 is 0 Å². The highest BCUT2D eigenvalue weighted by Gasteiger charge is 2.19. The van der Waals surface area contributed by atoms with Crippen molar-refractivity contribution in [2.75, 3.05) is 44.7 Å². The van der Waals surface area contributed by atoms with E-state index in [9.17, 15) is 9.59 Å². The summed E-state index contributed by atoms with van der Waals surface area (Å²) in [5, 5.41) is 2.98. The molecule has 1 heterocycles. The monoisotopic (exact) mass is 381 g/mol. The van der Waals surface area contributed by atoms with Crippen molar-refractivity contribution >= 4 is 17.4 Å². The molecule has 0 spiro atoms. The fourth-order valence-electron chi connectivity index (χ4n) is 3.31. The lowest BCUT2D eigenvalue weighted by Crippen LogP contribution is -2.49. The molecule has 1 amide bonds. The Labute approximate surface area is 166 Å². The second kappa shape index (κ2) is 9.37. The number of methoxy groups -OCH3 is 1. The Kier molecular flexibility index (Phi) is 6.66. The van der Waals surface area contributed by atoms with Gasteiger partial charge in [0.15, 0.2) is 5.78 Å². The van der Waals surface area contributed by atoms with Crippen LogP contribution in [0.25, 0.3) is 0 Å². The second-order valence-electron chi connectivity index (χ2n) is 6.99. The topological polar surface area (TPSA) is 61.9 Å². The van der Waals surface area contributed by atoms with E-state index in [-0.39, 0.29) is 11.7 Å². The van der Waals surface area contributed by atoms with Crippen molar-refractivity contribution in [3.63, 3.8) is 0 Å². The molecule has 0 aromatic heterocycles. The molecule has 3 rings (SSSR count). The SMILES string of the molecule is COc1cccc(CNC(=O)CN2CCN(c3ccc(C(C)=O)cc3)CC2)c1. The summed E-state index contributed by atoms with van der Waals surface area (Å²) in [5.41, 5.74) is 2.87. The molecule has 0 atom stereocenters. The standard InChI is InChI=1S/C22H27N3O3/c1-17(26)19-6-8-20(9-7-19)25-12-10-24(11-13-25)16-22(27)23-15-18-4-3-5-21(14-18)28-2/h3-9,14H,10-13,15-16H2,1-2H3,(H,23,27). The third-order valence-corrected chi connectivity index (χ3v) is 5.00. The summed E-state index contributed by atoms with van der Waals surface area (Å²) in [4.78, 5) is 28.1. The maximum atomic E-state index is 12.3. The minimum atomic E-state index is 0.0297. The Morgan fingerprint density at radius 3 is 2.39 bits per heavy atom. The molecule has 1 N–H and O–H groups in total. The summed E-state index contributed by atoms with van der Waals surface area (Å²) in [6.07, 6.45) is 0. The molecule has 6 heteroatoms. The van der Waals surface area contributed by atoms with E-state index in [1.165, 1.54) is 0 Å². The van der Waals surface area contributed by atoms with E-state index in [1.54, 1.807) is 14.0 Å². The molecule has 1 aliphatic rings. The van der Waals surface area contributed by atoms with Gasteiger partial charge in [-0.15, -0.1) is 0 Å². The molecule has 2 aromatic carbocycles. The highest BCUT2D eigenvalue weighted by Crippen LogP contribution is 2.17. The molecule has 0 aliphatic carbocycles. The molecular formula is C22H27N3O3. The van der Waals surface area contributed by atoms with Crippen LogP contribution in [0.15, 0.2) is 48.5 Å². The van der Waals surface area contributed by atoms with Crippen molar-refractivity contribution in [2.24, 2.45) is 0 Å². The summed E-state index contributed by atoms with van der Waals surface area (Å²) in [6, 6.07) is 15.4. The first-order valence-electron chi connectivity index (χ1n) is 9.53. The number of ether oxygens (including phenoxy) is 1. The molecular weight excluding hydrogens is 354 g/mol. The van der Waals surface area contributed by atoms with Gasteiger partial charge in [-0.25, -0.2) is 0 Å². The van der Waals surface area contributed by atoms with Crippen LogP contribution in [0.5, 0.6) is 5.75 Å². The Balaban J connectivity index is 1.43. The Hall–Kier alpha value is -2.86. The highest BCUT2D eigenvalue weighted by atomic mass is 16.5. The van der Waals surface area contributed by atoms with Gasteiger partial charge in [-0.1, -0.05) is 12.1 Å². The first-order valence-corrected chi connectivity index (χ1v) is 9.53. The summed E-state index contributed by atoms with van der Waals surface area (Å²) >= 11 is 0. The number of Topliss-reactive ketones (excluding diaryl/α,β-unsaturated/α-hetero) is 1. The van der Waals surface area contributed by atoms with Crippen molar-refractivity contribution < 1.29 is 14.3 Å². The largest absolute Gasteiger partial charge is 0.497 e. The number of nitrogens with one attached hydrogen (secondary N) is 1. The Morgan fingerprint density at radius 1 is 1.04 bits per heavy atom. The predicted molar refractivity (Wildman–Crippen MR) is 110 cm³/mol. The maximum Gasteiger partial charge on any atom is 0.234 e. The average molecular weight is 381 g/mol. The van der Waals surface area contributed by atoms with Crippen molar-refractivity contribution in [3.8, 4) is 5.75 Å². The van der Waals surface area contributed by atoms with Crippen molar-refractivity contribution in [1.82, 2.24) is 10.2 Å². The molecule has 28 heavy (non-hydrogen) atoms. The van der Waals surface area contributed by atoms with Crippen molar-refractivity contribution in [1.29, 1.82) is 0 Å². The van der Waals surface area contributed by atoms with E-state index in [4.69, 9.17) is 4.74 Å². The van der Waals surface area contributed by atoms with E-state index in [2.05, 4.69) is 15.1 Å². The van der Waals surface area contributed by atoms with E-state index in [0.717, 1.165) is 48.7 Å². The van der Waals surface area contributed by atoms with Crippen LogP contribution in [0.4, 0.5) is 5.69 Å². The maximum absolute atomic E-state index is 12.3. The molecule has 0 unspecified atom stereocenters. The molecule has 1 aliphatic heterocycles. The summed E-state index contributed by atoms with van der Waals surface area (Å²) in [5.74, 6) is 0.901. The van der Waals surface area contributed by atoms with Crippen molar-refractivity contribution in [2.45, 2.75) is 13.5 Å². The lowest BCUT2D eigenvalue weighted by atomic mass is 10.1. The predicted octanol–water partition coefficient (Wildman–Crippen LogP) is 2.34. The molecule has 2 aromatic rings. The second-order valence-corrected chi connectivity index (χ2v) is 6.99. The number of rotatable bonds is 7. The molecule has 0 radical (unpaired) electrons. The zero-order chi connectivity index (χ0) is 19.9. The summed E-state index contributed by atoms with van der Waals surface area (Å²) in [7, 11) is 1.63. The Morgan fingerprint density at radius 2 is 1.75 bits per heavy atom. The van der Waals surface area contributed by atoms with Gasteiger partial charge in [0.2, 0.25) is 5.91 Å². The fourth-order valence-corrected chi connectivity index (χ4v) is 3.31. The van der Waals surface area contributed by atoms with Gasteiger partial charge in [-0.05, 0) is 48.9 Å². The number of carbonyl (C=O) groups is 2. The Bertz CT molecular complexity index is 812. The number of anilines is 1. The molecule has 1 fully saturated rings. The first-order chi connectivity index (χ1) is 13.5. The fraction of sp³-hybridized carbons (Fsp3) is 0.364. The zero-order valence-corrected chi connectivity index (χ0v) is 16.5. The molecule has 0 bridgehead atoms. The van der Waals surface area contributed by atoms with Gasteiger partial charge in [0.25, 0.3) is 0 Å².